The van der Waals surface area contributed by atoms with Gasteiger partial charge in [0.1, 0.15) is 0 Å². The van der Waals surface area contributed by atoms with Crippen LogP contribution in [0.5, 0.6) is 0 Å². The SMILES string of the molecule is CCc1ccc2c(c1)-c1ccccc1-c1cc(-c3ccc4c(c3)-c3ccccc3-c3cc(CC)ccc3N4CC)ccc1N2CC. The van der Waals surface area contributed by atoms with E-state index >= 15 is 0 Å². The van der Waals surface area contributed by atoms with Crippen molar-refractivity contribution in [2.45, 2.75) is 40.5 Å². The summed E-state index contributed by atoms with van der Waals surface area (Å²) in [6.07, 6.45) is 2.06. The van der Waals surface area contributed by atoms with E-state index in [0.29, 0.717) is 0 Å². The van der Waals surface area contributed by atoms with Crippen molar-refractivity contribution in [1.29, 1.82) is 0 Å². The highest BCUT2D eigenvalue weighted by Crippen LogP contribution is 2.51. The number of nitrogens with zero attached hydrogens (tertiary/aromatic N) is 2. The molecule has 0 radical (unpaired) electrons. The van der Waals surface area contributed by atoms with Gasteiger partial charge in [-0.1, -0.05) is 86.6 Å². The lowest BCUT2D eigenvalue weighted by atomic mass is 9.90. The molecule has 2 nitrogen and oxygen atoms in total. The molecule has 2 aliphatic rings. The fourth-order valence-electron chi connectivity index (χ4n) is 7.69. The van der Waals surface area contributed by atoms with Crippen LogP contribution in [0.3, 0.4) is 0 Å². The molecule has 0 aliphatic carbocycles. The Bertz CT molecular complexity index is 1970. The van der Waals surface area contributed by atoms with Crippen LogP contribution in [0.15, 0.2) is 121 Å². The van der Waals surface area contributed by atoms with E-state index in [0.717, 1.165) is 25.9 Å². The zero-order valence-corrected chi connectivity index (χ0v) is 27.3. The number of aryl methyl sites for hydroxylation is 2. The van der Waals surface area contributed by atoms with Gasteiger partial charge in [-0.05, 0) is 120 Å². The van der Waals surface area contributed by atoms with Gasteiger partial charge in [0.2, 0.25) is 0 Å². The van der Waals surface area contributed by atoms with Crippen LogP contribution in [0.25, 0.3) is 55.6 Å². The van der Waals surface area contributed by atoms with Gasteiger partial charge in [0, 0.05) is 58.1 Å². The van der Waals surface area contributed by atoms with Gasteiger partial charge in [-0.2, -0.15) is 0 Å². The van der Waals surface area contributed by atoms with Crippen LogP contribution in [-0.2, 0) is 12.8 Å². The third-order valence-corrected chi connectivity index (χ3v) is 10.1. The number of hydrogen-bond donors (Lipinski definition) is 0. The Morgan fingerprint density at radius 3 is 1.00 bits per heavy atom. The van der Waals surface area contributed by atoms with Gasteiger partial charge < -0.3 is 9.80 Å². The number of rotatable bonds is 5. The van der Waals surface area contributed by atoms with Gasteiger partial charge in [0.25, 0.3) is 0 Å². The first kappa shape index (κ1) is 28.4. The molecule has 6 aromatic rings. The number of anilines is 4. The molecule has 0 fully saturated rings. The summed E-state index contributed by atoms with van der Waals surface area (Å²) >= 11 is 0. The lowest BCUT2D eigenvalue weighted by molar-refractivity contribution is 1.02. The zero-order valence-electron chi connectivity index (χ0n) is 27.3. The minimum absolute atomic E-state index is 0.904. The fourth-order valence-corrected chi connectivity index (χ4v) is 7.69. The molecule has 0 spiro atoms. The summed E-state index contributed by atoms with van der Waals surface area (Å²) in [4.78, 5) is 4.98. The largest absolute Gasteiger partial charge is 0.341 e. The van der Waals surface area contributed by atoms with Gasteiger partial charge in [0.15, 0.2) is 0 Å². The molecule has 2 heterocycles. The van der Waals surface area contributed by atoms with Gasteiger partial charge >= 0.3 is 0 Å². The van der Waals surface area contributed by atoms with E-state index in [4.69, 9.17) is 0 Å². The number of hydrogen-bond acceptors (Lipinski definition) is 2. The first-order valence-corrected chi connectivity index (χ1v) is 16.9. The molecule has 0 bridgehead atoms. The molecule has 0 amide bonds. The summed E-state index contributed by atoms with van der Waals surface area (Å²) in [5.41, 5.74) is 20.7. The molecule has 0 unspecified atom stereocenters. The maximum Gasteiger partial charge on any atom is 0.0491 e. The smallest absolute Gasteiger partial charge is 0.0491 e. The molecular formula is C44H40N2. The highest BCUT2D eigenvalue weighted by atomic mass is 15.1. The van der Waals surface area contributed by atoms with E-state index in [1.807, 2.05) is 0 Å². The highest BCUT2D eigenvalue weighted by molar-refractivity contribution is 6.03. The van der Waals surface area contributed by atoms with E-state index in [2.05, 4.69) is 159 Å². The molecule has 0 aromatic heterocycles. The first-order chi connectivity index (χ1) is 22.6. The van der Waals surface area contributed by atoms with Crippen molar-refractivity contribution < 1.29 is 0 Å². The van der Waals surface area contributed by atoms with Crippen molar-refractivity contribution in [3.05, 3.63) is 132 Å². The molecule has 0 atom stereocenters. The Kier molecular flexibility index (Phi) is 7.02. The molecule has 8 rings (SSSR count). The Balaban J connectivity index is 1.32. The second kappa shape index (κ2) is 11.4. The van der Waals surface area contributed by atoms with E-state index in [-0.39, 0.29) is 0 Å². The maximum atomic E-state index is 2.49. The van der Waals surface area contributed by atoms with E-state index < -0.39 is 0 Å². The van der Waals surface area contributed by atoms with Crippen LogP contribution in [0.4, 0.5) is 22.7 Å². The van der Waals surface area contributed by atoms with Crippen LogP contribution in [0.2, 0.25) is 0 Å². The minimum atomic E-state index is 0.904. The van der Waals surface area contributed by atoms with Crippen molar-refractivity contribution in [3.63, 3.8) is 0 Å². The predicted molar refractivity (Wildman–Crippen MR) is 198 cm³/mol. The molecule has 46 heavy (non-hydrogen) atoms. The highest BCUT2D eigenvalue weighted by Gasteiger charge is 2.27. The topological polar surface area (TPSA) is 6.48 Å². The normalized spacial score (nSPS) is 12.6. The Morgan fingerprint density at radius 2 is 0.674 bits per heavy atom. The predicted octanol–water partition coefficient (Wildman–Crippen LogP) is 12.1. The second-order valence-corrected chi connectivity index (χ2v) is 12.5. The molecule has 6 aromatic carbocycles. The summed E-state index contributed by atoms with van der Waals surface area (Å²) < 4.78 is 0. The molecule has 0 saturated carbocycles. The Hall–Kier alpha value is -5.08. The van der Waals surface area contributed by atoms with E-state index in [1.165, 1.54) is 89.5 Å². The molecule has 0 N–H and O–H groups in total. The Labute approximate surface area is 273 Å². The standard InChI is InChI=1S/C44H40N2/c1-5-29-17-21-41-37(25-29)33-13-9-11-15-35(33)39-27-31(19-23-43(39)45(41)7-3)32-20-24-44-40(28-32)36-16-12-10-14-34(36)38-26-30(6-2)18-22-42(38)46(44)8-4/h9-28H,5-8H2,1-4H3. The molecule has 226 valence electrons. The van der Waals surface area contributed by atoms with Crippen LogP contribution in [0.1, 0.15) is 38.8 Å². The average molecular weight is 597 g/mol. The Morgan fingerprint density at radius 1 is 0.348 bits per heavy atom. The summed E-state index contributed by atoms with van der Waals surface area (Å²) in [6.45, 7) is 10.8. The number of benzene rings is 6. The van der Waals surface area contributed by atoms with Crippen molar-refractivity contribution in [2.24, 2.45) is 0 Å². The van der Waals surface area contributed by atoms with Gasteiger partial charge in [0.05, 0.1) is 0 Å². The van der Waals surface area contributed by atoms with Crippen LogP contribution in [0, 0.1) is 0 Å². The summed E-state index contributed by atoms with van der Waals surface area (Å²) in [7, 11) is 0. The van der Waals surface area contributed by atoms with Crippen LogP contribution < -0.4 is 9.80 Å². The second-order valence-electron chi connectivity index (χ2n) is 12.5. The molecular weight excluding hydrogens is 556 g/mol. The average Bonchev–Trinajstić information content (AvgIpc) is 3.31. The molecule has 2 heteroatoms. The van der Waals surface area contributed by atoms with Crippen molar-refractivity contribution in [2.75, 3.05) is 22.9 Å². The monoisotopic (exact) mass is 596 g/mol. The van der Waals surface area contributed by atoms with Crippen molar-refractivity contribution in [1.82, 2.24) is 0 Å². The first-order valence-electron chi connectivity index (χ1n) is 16.9. The lowest BCUT2D eigenvalue weighted by Crippen LogP contribution is -2.17. The van der Waals surface area contributed by atoms with Gasteiger partial charge in [-0.3, -0.25) is 0 Å². The number of fused-ring (bicyclic) bond motifs is 10. The zero-order chi connectivity index (χ0) is 31.4. The minimum Gasteiger partial charge on any atom is -0.341 e. The maximum absolute atomic E-state index is 2.49. The summed E-state index contributed by atoms with van der Waals surface area (Å²) in [5, 5.41) is 0. The molecule has 0 saturated heterocycles. The lowest BCUT2D eigenvalue weighted by Gasteiger charge is -2.27. The quantitative estimate of drug-likeness (QED) is 0.195. The van der Waals surface area contributed by atoms with Crippen molar-refractivity contribution in [3.8, 4) is 55.6 Å². The summed E-state index contributed by atoms with van der Waals surface area (Å²) in [6, 6.07) is 46.1. The fraction of sp³-hybridized carbons (Fsp3) is 0.182. The van der Waals surface area contributed by atoms with E-state index in [9.17, 15) is 0 Å². The van der Waals surface area contributed by atoms with Crippen LogP contribution >= 0.6 is 0 Å². The van der Waals surface area contributed by atoms with E-state index in [1.54, 1.807) is 0 Å². The van der Waals surface area contributed by atoms with Gasteiger partial charge in [-0.25, -0.2) is 0 Å². The van der Waals surface area contributed by atoms with Crippen LogP contribution in [-0.4, -0.2) is 13.1 Å². The molecule has 2 aliphatic heterocycles. The third kappa shape index (κ3) is 4.39. The summed E-state index contributed by atoms with van der Waals surface area (Å²) in [5.74, 6) is 0. The van der Waals surface area contributed by atoms with Crippen molar-refractivity contribution >= 4 is 22.7 Å². The third-order valence-electron chi connectivity index (χ3n) is 10.1. The van der Waals surface area contributed by atoms with Gasteiger partial charge in [-0.15, -0.1) is 0 Å².